The summed E-state index contributed by atoms with van der Waals surface area (Å²) in [5.74, 6) is 0. The smallest absolute Gasteiger partial charge is 0.0844 e. The SMILES string of the molecule is CCN1CCCNc2cncc(Cl)c21. The van der Waals surface area contributed by atoms with E-state index in [0.717, 1.165) is 42.5 Å². The number of hydrogen-bond acceptors (Lipinski definition) is 3. The second-order valence-corrected chi connectivity index (χ2v) is 3.78. The van der Waals surface area contributed by atoms with E-state index >= 15 is 0 Å². The minimum absolute atomic E-state index is 0.735. The second-order valence-electron chi connectivity index (χ2n) is 3.38. The van der Waals surface area contributed by atoms with Crippen molar-refractivity contribution in [2.75, 3.05) is 29.9 Å². The van der Waals surface area contributed by atoms with Crippen molar-refractivity contribution < 1.29 is 0 Å². The van der Waals surface area contributed by atoms with Crippen molar-refractivity contribution in [3.05, 3.63) is 17.4 Å². The van der Waals surface area contributed by atoms with Crippen LogP contribution in [0.5, 0.6) is 0 Å². The van der Waals surface area contributed by atoms with Crippen LogP contribution in [0.15, 0.2) is 12.4 Å². The molecule has 2 rings (SSSR count). The Hall–Kier alpha value is -0.960. The zero-order chi connectivity index (χ0) is 9.97. The first-order valence-electron chi connectivity index (χ1n) is 4.95. The normalized spacial score (nSPS) is 15.7. The molecule has 0 aromatic carbocycles. The van der Waals surface area contributed by atoms with Gasteiger partial charge in [0.2, 0.25) is 0 Å². The minimum Gasteiger partial charge on any atom is -0.382 e. The number of rotatable bonds is 1. The number of fused-ring (bicyclic) bond motifs is 1. The lowest BCUT2D eigenvalue weighted by molar-refractivity contribution is 0.786. The minimum atomic E-state index is 0.735. The topological polar surface area (TPSA) is 28.2 Å². The standard InChI is InChI=1S/C10H14ClN3/c1-2-14-5-3-4-13-9-7-12-6-8(11)10(9)14/h6-7,13H,2-5H2,1H3. The highest BCUT2D eigenvalue weighted by molar-refractivity contribution is 6.33. The van der Waals surface area contributed by atoms with Crippen LogP contribution >= 0.6 is 11.6 Å². The van der Waals surface area contributed by atoms with E-state index in [2.05, 4.69) is 22.1 Å². The number of anilines is 2. The van der Waals surface area contributed by atoms with Crippen molar-refractivity contribution in [1.29, 1.82) is 0 Å². The molecule has 76 valence electrons. The predicted octanol–water partition coefficient (Wildman–Crippen LogP) is 2.38. The van der Waals surface area contributed by atoms with Gasteiger partial charge in [0.25, 0.3) is 0 Å². The lowest BCUT2D eigenvalue weighted by Crippen LogP contribution is -2.23. The molecule has 1 aliphatic rings. The first-order valence-corrected chi connectivity index (χ1v) is 5.33. The van der Waals surface area contributed by atoms with E-state index in [-0.39, 0.29) is 0 Å². The van der Waals surface area contributed by atoms with Crippen molar-refractivity contribution in [3.63, 3.8) is 0 Å². The maximum absolute atomic E-state index is 6.14. The highest BCUT2D eigenvalue weighted by atomic mass is 35.5. The summed E-state index contributed by atoms with van der Waals surface area (Å²) in [6.45, 7) is 5.18. The van der Waals surface area contributed by atoms with Crippen LogP contribution in [0.1, 0.15) is 13.3 Å². The molecular formula is C10H14ClN3. The molecule has 0 atom stereocenters. The van der Waals surface area contributed by atoms with Gasteiger partial charge < -0.3 is 10.2 Å². The maximum Gasteiger partial charge on any atom is 0.0844 e. The molecule has 1 aromatic heterocycles. The van der Waals surface area contributed by atoms with E-state index in [0.29, 0.717) is 0 Å². The number of nitrogens with zero attached hydrogens (tertiary/aromatic N) is 2. The lowest BCUT2D eigenvalue weighted by atomic mass is 10.3. The van der Waals surface area contributed by atoms with E-state index < -0.39 is 0 Å². The first kappa shape index (κ1) is 9.59. The number of nitrogens with one attached hydrogen (secondary N) is 1. The average Bonchev–Trinajstić information content (AvgIpc) is 2.40. The molecule has 0 saturated carbocycles. The predicted molar refractivity (Wildman–Crippen MR) is 60.2 cm³/mol. The van der Waals surface area contributed by atoms with Gasteiger partial charge in [0.05, 0.1) is 22.6 Å². The van der Waals surface area contributed by atoms with E-state index in [4.69, 9.17) is 11.6 Å². The molecule has 0 bridgehead atoms. The van der Waals surface area contributed by atoms with Gasteiger partial charge in [0.1, 0.15) is 0 Å². The van der Waals surface area contributed by atoms with Crippen LogP contribution in [-0.2, 0) is 0 Å². The van der Waals surface area contributed by atoms with E-state index in [1.807, 2.05) is 6.20 Å². The number of pyridine rings is 1. The van der Waals surface area contributed by atoms with Gasteiger partial charge in [-0.05, 0) is 13.3 Å². The molecule has 1 aromatic rings. The Kier molecular flexibility index (Phi) is 2.77. The highest BCUT2D eigenvalue weighted by Crippen LogP contribution is 2.34. The third kappa shape index (κ3) is 1.64. The van der Waals surface area contributed by atoms with Gasteiger partial charge in [0.15, 0.2) is 0 Å². The molecule has 2 heterocycles. The fraction of sp³-hybridized carbons (Fsp3) is 0.500. The molecule has 3 nitrogen and oxygen atoms in total. The van der Waals surface area contributed by atoms with Crippen molar-refractivity contribution in [3.8, 4) is 0 Å². The van der Waals surface area contributed by atoms with Crippen molar-refractivity contribution in [1.82, 2.24) is 4.98 Å². The van der Waals surface area contributed by atoms with Gasteiger partial charge in [0, 0.05) is 25.8 Å². The molecular weight excluding hydrogens is 198 g/mol. The van der Waals surface area contributed by atoms with Crippen LogP contribution in [0, 0.1) is 0 Å². The van der Waals surface area contributed by atoms with Crippen LogP contribution in [0.2, 0.25) is 5.02 Å². The van der Waals surface area contributed by atoms with Crippen molar-refractivity contribution in [2.24, 2.45) is 0 Å². The van der Waals surface area contributed by atoms with Crippen LogP contribution < -0.4 is 10.2 Å². The largest absolute Gasteiger partial charge is 0.382 e. The van der Waals surface area contributed by atoms with Crippen molar-refractivity contribution in [2.45, 2.75) is 13.3 Å². The number of halogens is 1. The summed E-state index contributed by atoms with van der Waals surface area (Å²) in [7, 11) is 0. The Morgan fingerprint density at radius 1 is 1.57 bits per heavy atom. The fourth-order valence-corrected chi connectivity index (χ4v) is 2.08. The van der Waals surface area contributed by atoms with E-state index in [9.17, 15) is 0 Å². The number of hydrogen-bond donors (Lipinski definition) is 1. The molecule has 14 heavy (non-hydrogen) atoms. The summed E-state index contributed by atoms with van der Waals surface area (Å²) in [5, 5.41) is 4.08. The van der Waals surface area contributed by atoms with Gasteiger partial charge in [-0.25, -0.2) is 0 Å². The Balaban J connectivity index is 2.45. The van der Waals surface area contributed by atoms with Gasteiger partial charge in [-0.2, -0.15) is 0 Å². The molecule has 1 N–H and O–H groups in total. The Morgan fingerprint density at radius 3 is 3.21 bits per heavy atom. The van der Waals surface area contributed by atoms with Gasteiger partial charge in [-0.3, -0.25) is 4.98 Å². The Bertz CT molecular complexity index is 327. The van der Waals surface area contributed by atoms with Crippen molar-refractivity contribution >= 4 is 23.0 Å². The molecule has 0 fully saturated rings. The first-order chi connectivity index (χ1) is 6.83. The van der Waals surface area contributed by atoms with E-state index in [1.165, 1.54) is 0 Å². The fourth-order valence-electron chi connectivity index (χ4n) is 1.80. The lowest BCUT2D eigenvalue weighted by Gasteiger charge is -2.23. The zero-order valence-electron chi connectivity index (χ0n) is 8.26. The van der Waals surface area contributed by atoms with Crippen LogP contribution in [0.3, 0.4) is 0 Å². The average molecular weight is 212 g/mol. The summed E-state index contributed by atoms with van der Waals surface area (Å²) >= 11 is 6.14. The third-order valence-electron chi connectivity index (χ3n) is 2.49. The Morgan fingerprint density at radius 2 is 2.43 bits per heavy atom. The molecule has 0 amide bonds. The van der Waals surface area contributed by atoms with Crippen LogP contribution in [0.4, 0.5) is 11.4 Å². The molecule has 0 spiro atoms. The quantitative estimate of drug-likeness (QED) is 0.773. The van der Waals surface area contributed by atoms with E-state index in [1.54, 1.807) is 6.20 Å². The maximum atomic E-state index is 6.14. The van der Waals surface area contributed by atoms with Gasteiger partial charge in [-0.1, -0.05) is 11.6 Å². The molecule has 0 radical (unpaired) electrons. The summed E-state index contributed by atoms with van der Waals surface area (Å²) in [6, 6.07) is 0. The Labute approximate surface area is 89.1 Å². The van der Waals surface area contributed by atoms with Gasteiger partial charge in [-0.15, -0.1) is 0 Å². The van der Waals surface area contributed by atoms with Gasteiger partial charge >= 0.3 is 0 Å². The zero-order valence-corrected chi connectivity index (χ0v) is 9.01. The summed E-state index contributed by atoms with van der Waals surface area (Å²) in [6.07, 6.45) is 4.68. The highest BCUT2D eigenvalue weighted by Gasteiger charge is 2.16. The molecule has 0 aliphatic carbocycles. The monoisotopic (exact) mass is 211 g/mol. The summed E-state index contributed by atoms with van der Waals surface area (Å²) in [5.41, 5.74) is 2.15. The summed E-state index contributed by atoms with van der Waals surface area (Å²) < 4.78 is 0. The third-order valence-corrected chi connectivity index (χ3v) is 2.77. The molecule has 1 aliphatic heterocycles. The molecule has 0 saturated heterocycles. The van der Waals surface area contributed by atoms with Crippen LogP contribution in [0.25, 0.3) is 0 Å². The van der Waals surface area contributed by atoms with Crippen LogP contribution in [-0.4, -0.2) is 24.6 Å². The second kappa shape index (κ2) is 4.05. The number of aromatic nitrogens is 1. The molecule has 4 heteroatoms. The summed E-state index contributed by atoms with van der Waals surface area (Å²) in [4.78, 5) is 6.38. The molecule has 0 unspecified atom stereocenters.